The van der Waals surface area contributed by atoms with Gasteiger partial charge >= 0.3 is 0 Å². The monoisotopic (exact) mass is 289 g/mol. The second kappa shape index (κ2) is 6.48. The van der Waals surface area contributed by atoms with E-state index in [9.17, 15) is 4.39 Å². The van der Waals surface area contributed by atoms with Crippen LogP contribution in [0.1, 0.15) is 24.1 Å². The van der Waals surface area contributed by atoms with E-state index >= 15 is 0 Å². The Morgan fingerprint density at radius 3 is 2.43 bits per heavy atom. The summed E-state index contributed by atoms with van der Waals surface area (Å²) in [7, 11) is 3.16. The van der Waals surface area contributed by atoms with Gasteiger partial charge in [-0.3, -0.25) is 0 Å². The van der Waals surface area contributed by atoms with Crippen molar-refractivity contribution in [2.75, 3.05) is 19.5 Å². The zero-order valence-corrected chi connectivity index (χ0v) is 12.7. The molecule has 3 nitrogen and oxygen atoms in total. The first-order chi connectivity index (χ1) is 10.1. The van der Waals surface area contributed by atoms with Crippen molar-refractivity contribution in [3.8, 4) is 11.5 Å². The lowest BCUT2D eigenvalue weighted by atomic mass is 10.1. The van der Waals surface area contributed by atoms with Crippen LogP contribution in [0.3, 0.4) is 0 Å². The van der Waals surface area contributed by atoms with Crippen LogP contribution in [0.5, 0.6) is 11.5 Å². The largest absolute Gasteiger partial charge is 0.496 e. The lowest BCUT2D eigenvalue weighted by Crippen LogP contribution is -2.11. The fourth-order valence-electron chi connectivity index (χ4n) is 2.34. The number of hydrogen-bond donors (Lipinski definition) is 1. The van der Waals surface area contributed by atoms with E-state index in [1.54, 1.807) is 19.2 Å². The van der Waals surface area contributed by atoms with Gasteiger partial charge in [0.2, 0.25) is 0 Å². The molecule has 0 aliphatic rings. The Kier molecular flexibility index (Phi) is 4.68. The minimum Gasteiger partial charge on any atom is -0.496 e. The van der Waals surface area contributed by atoms with Gasteiger partial charge in [0.1, 0.15) is 17.3 Å². The molecule has 2 aromatic carbocycles. The normalized spacial score (nSPS) is 11.9. The molecule has 1 unspecified atom stereocenters. The molecule has 2 aromatic rings. The maximum Gasteiger partial charge on any atom is 0.142 e. The van der Waals surface area contributed by atoms with Crippen molar-refractivity contribution in [3.05, 3.63) is 53.3 Å². The van der Waals surface area contributed by atoms with Crippen molar-refractivity contribution in [2.45, 2.75) is 19.9 Å². The van der Waals surface area contributed by atoms with Crippen LogP contribution in [-0.2, 0) is 0 Å². The predicted octanol–water partition coefficient (Wildman–Crippen LogP) is 4.32. The molecule has 0 aromatic heterocycles. The van der Waals surface area contributed by atoms with E-state index in [1.165, 1.54) is 13.2 Å². The number of rotatable bonds is 5. The van der Waals surface area contributed by atoms with Crippen LogP contribution in [0.15, 0.2) is 36.4 Å². The third-order valence-corrected chi connectivity index (χ3v) is 3.39. The van der Waals surface area contributed by atoms with Crippen LogP contribution in [0, 0.1) is 12.7 Å². The average molecular weight is 289 g/mol. The van der Waals surface area contributed by atoms with Crippen LogP contribution in [0.2, 0.25) is 0 Å². The summed E-state index contributed by atoms with van der Waals surface area (Å²) in [4.78, 5) is 0. The SMILES string of the molecule is COc1cc(C)ccc1NC(C)c1c(F)cccc1OC. The van der Waals surface area contributed by atoms with Gasteiger partial charge in [-0.1, -0.05) is 12.1 Å². The summed E-state index contributed by atoms with van der Waals surface area (Å²) >= 11 is 0. The highest BCUT2D eigenvalue weighted by Crippen LogP contribution is 2.33. The Morgan fingerprint density at radius 2 is 1.76 bits per heavy atom. The number of methoxy groups -OCH3 is 2. The minimum absolute atomic E-state index is 0.252. The van der Waals surface area contributed by atoms with Crippen molar-refractivity contribution in [1.82, 2.24) is 0 Å². The maximum atomic E-state index is 14.1. The smallest absolute Gasteiger partial charge is 0.142 e. The number of aryl methyl sites for hydroxylation is 1. The quantitative estimate of drug-likeness (QED) is 0.889. The highest BCUT2D eigenvalue weighted by Gasteiger charge is 2.17. The Bertz CT molecular complexity index is 628. The molecule has 0 saturated carbocycles. The molecule has 0 bridgehead atoms. The van der Waals surface area contributed by atoms with Gasteiger partial charge in [-0.15, -0.1) is 0 Å². The van der Waals surface area contributed by atoms with Crippen LogP contribution < -0.4 is 14.8 Å². The molecule has 0 aliphatic carbocycles. The minimum atomic E-state index is -0.291. The Hall–Kier alpha value is -2.23. The summed E-state index contributed by atoms with van der Waals surface area (Å²) in [5.41, 5.74) is 2.43. The van der Waals surface area contributed by atoms with Gasteiger partial charge in [-0.05, 0) is 43.7 Å². The number of hydrogen-bond acceptors (Lipinski definition) is 3. The highest BCUT2D eigenvalue weighted by molar-refractivity contribution is 5.59. The van der Waals surface area contributed by atoms with Gasteiger partial charge in [0.15, 0.2) is 0 Å². The van der Waals surface area contributed by atoms with Crippen molar-refractivity contribution in [1.29, 1.82) is 0 Å². The summed E-state index contributed by atoms with van der Waals surface area (Å²) < 4.78 is 24.7. The molecule has 0 amide bonds. The van der Waals surface area contributed by atoms with Crippen molar-refractivity contribution in [2.24, 2.45) is 0 Å². The summed E-state index contributed by atoms with van der Waals surface area (Å²) in [6, 6.07) is 10.4. The molecule has 4 heteroatoms. The summed E-state index contributed by atoms with van der Waals surface area (Å²) in [5, 5.41) is 3.28. The summed E-state index contributed by atoms with van der Waals surface area (Å²) in [5.74, 6) is 0.971. The Morgan fingerprint density at radius 1 is 1.05 bits per heavy atom. The molecule has 0 saturated heterocycles. The zero-order chi connectivity index (χ0) is 15.4. The van der Waals surface area contributed by atoms with E-state index < -0.39 is 0 Å². The van der Waals surface area contributed by atoms with E-state index in [2.05, 4.69) is 5.32 Å². The molecule has 0 spiro atoms. The molecule has 1 atom stereocenters. The van der Waals surface area contributed by atoms with Gasteiger partial charge in [-0.25, -0.2) is 4.39 Å². The topological polar surface area (TPSA) is 30.5 Å². The number of anilines is 1. The third kappa shape index (κ3) is 3.27. The number of ether oxygens (including phenoxy) is 2. The zero-order valence-electron chi connectivity index (χ0n) is 12.7. The first-order valence-corrected chi connectivity index (χ1v) is 6.80. The lowest BCUT2D eigenvalue weighted by molar-refractivity contribution is 0.401. The van der Waals surface area contributed by atoms with E-state index in [1.807, 2.05) is 32.0 Å². The lowest BCUT2D eigenvalue weighted by Gasteiger charge is -2.20. The fourth-order valence-corrected chi connectivity index (χ4v) is 2.34. The third-order valence-electron chi connectivity index (χ3n) is 3.39. The first-order valence-electron chi connectivity index (χ1n) is 6.80. The summed E-state index contributed by atoms with van der Waals surface area (Å²) in [6.07, 6.45) is 0. The predicted molar refractivity (Wildman–Crippen MR) is 82.7 cm³/mol. The summed E-state index contributed by atoms with van der Waals surface area (Å²) in [6.45, 7) is 3.88. The number of halogens is 1. The van der Waals surface area contributed by atoms with E-state index in [0.29, 0.717) is 11.3 Å². The van der Waals surface area contributed by atoms with Crippen LogP contribution >= 0.6 is 0 Å². The standard InChI is InChI=1S/C17H20FNO2/c1-11-8-9-14(16(10-11)21-4)19-12(2)17-13(18)6-5-7-15(17)20-3/h5-10,12,19H,1-4H3. The molecule has 0 fully saturated rings. The Balaban J connectivity index is 2.32. The maximum absolute atomic E-state index is 14.1. The first kappa shape index (κ1) is 15.2. The second-order valence-electron chi connectivity index (χ2n) is 4.93. The average Bonchev–Trinajstić information content (AvgIpc) is 2.48. The van der Waals surface area contributed by atoms with Crippen molar-refractivity contribution < 1.29 is 13.9 Å². The highest BCUT2D eigenvalue weighted by atomic mass is 19.1. The van der Waals surface area contributed by atoms with Crippen LogP contribution in [0.25, 0.3) is 0 Å². The number of benzene rings is 2. The van der Waals surface area contributed by atoms with E-state index in [4.69, 9.17) is 9.47 Å². The van der Waals surface area contributed by atoms with Gasteiger partial charge in [-0.2, -0.15) is 0 Å². The van der Waals surface area contributed by atoms with Crippen molar-refractivity contribution in [3.63, 3.8) is 0 Å². The van der Waals surface area contributed by atoms with Gasteiger partial charge in [0.05, 0.1) is 31.5 Å². The molecule has 1 N–H and O–H groups in total. The molecular weight excluding hydrogens is 269 g/mol. The van der Waals surface area contributed by atoms with Crippen LogP contribution in [-0.4, -0.2) is 14.2 Å². The molecule has 21 heavy (non-hydrogen) atoms. The Labute approximate surface area is 124 Å². The van der Waals surface area contributed by atoms with Gasteiger partial charge < -0.3 is 14.8 Å². The van der Waals surface area contributed by atoms with Gasteiger partial charge in [0, 0.05) is 0 Å². The van der Waals surface area contributed by atoms with Crippen molar-refractivity contribution >= 4 is 5.69 Å². The van der Waals surface area contributed by atoms with E-state index in [0.717, 1.165) is 17.0 Å². The van der Waals surface area contributed by atoms with Crippen LogP contribution in [0.4, 0.5) is 10.1 Å². The molecule has 0 radical (unpaired) electrons. The van der Waals surface area contributed by atoms with E-state index in [-0.39, 0.29) is 11.9 Å². The molecular formula is C17H20FNO2. The number of nitrogens with one attached hydrogen (secondary N) is 1. The molecule has 0 aliphatic heterocycles. The molecule has 0 heterocycles. The molecule has 112 valence electrons. The molecule has 2 rings (SSSR count). The second-order valence-corrected chi connectivity index (χ2v) is 4.93. The fraction of sp³-hybridized carbons (Fsp3) is 0.294. The van der Waals surface area contributed by atoms with Gasteiger partial charge in [0.25, 0.3) is 0 Å².